The second-order valence-electron chi connectivity index (χ2n) is 4.33. The van der Waals surface area contributed by atoms with E-state index in [1.807, 2.05) is 19.2 Å². The highest BCUT2D eigenvalue weighted by Gasteiger charge is 2.13. The average Bonchev–Trinajstić information content (AvgIpc) is 2.00. The van der Waals surface area contributed by atoms with Crippen molar-refractivity contribution in [3.05, 3.63) is 18.0 Å². The van der Waals surface area contributed by atoms with Crippen molar-refractivity contribution in [3.63, 3.8) is 0 Å². The van der Waals surface area contributed by atoms with E-state index in [1.165, 1.54) is 5.38 Å². The van der Waals surface area contributed by atoms with Crippen molar-refractivity contribution >= 4 is 19.8 Å². The largest absolute Gasteiger partial charge is 0.231 e. The fourth-order valence-electron chi connectivity index (χ4n) is 0.776. The molecule has 1 rings (SSSR count). The lowest BCUT2D eigenvalue weighted by Gasteiger charge is -2.13. The van der Waals surface area contributed by atoms with Gasteiger partial charge in [-0.25, -0.2) is 9.97 Å². The monoisotopic (exact) mass is 212 g/mol. The van der Waals surface area contributed by atoms with Gasteiger partial charge >= 0.3 is 0 Å². The first kappa shape index (κ1) is 10.7. The van der Waals surface area contributed by atoms with Crippen molar-refractivity contribution in [1.29, 1.82) is 0 Å². The minimum absolute atomic E-state index is 0.919. The summed E-state index contributed by atoms with van der Waals surface area (Å²) in [6.07, 6.45) is 1.83. The second kappa shape index (κ2) is 4.24. The van der Waals surface area contributed by atoms with E-state index in [2.05, 4.69) is 29.6 Å². The molecule has 0 saturated carbocycles. The fourth-order valence-corrected chi connectivity index (χ4v) is 3.37. The van der Waals surface area contributed by atoms with Gasteiger partial charge in [0.2, 0.25) is 0 Å². The lowest BCUT2D eigenvalue weighted by Crippen LogP contribution is -2.23. The van der Waals surface area contributed by atoms with Crippen LogP contribution < -0.4 is 0 Å². The van der Waals surface area contributed by atoms with E-state index in [0.717, 1.165) is 10.9 Å². The zero-order chi connectivity index (χ0) is 9.90. The highest BCUT2D eigenvalue weighted by Crippen LogP contribution is 2.17. The molecular formula is C9H16N2SSi. The summed E-state index contributed by atoms with van der Waals surface area (Å²) >= 11 is 1.78. The SMILES string of the molecule is Cc1ccnc(SC[Si](C)(C)C)n1. The number of thioether (sulfide) groups is 1. The van der Waals surface area contributed by atoms with E-state index in [1.54, 1.807) is 11.8 Å². The molecular weight excluding hydrogens is 196 g/mol. The summed E-state index contributed by atoms with van der Waals surface area (Å²) < 4.78 is 0. The number of aromatic nitrogens is 2. The molecule has 0 aromatic carbocycles. The van der Waals surface area contributed by atoms with Gasteiger partial charge in [-0.05, 0) is 18.4 Å². The van der Waals surface area contributed by atoms with Gasteiger partial charge in [0.25, 0.3) is 0 Å². The van der Waals surface area contributed by atoms with Crippen LogP contribution in [0, 0.1) is 6.92 Å². The van der Waals surface area contributed by atoms with Crippen LogP contribution in [0.2, 0.25) is 19.6 Å². The molecule has 0 spiro atoms. The van der Waals surface area contributed by atoms with Gasteiger partial charge in [0.1, 0.15) is 0 Å². The normalized spacial score (nSPS) is 11.7. The predicted molar refractivity (Wildman–Crippen MR) is 60.8 cm³/mol. The van der Waals surface area contributed by atoms with Crippen LogP contribution in [-0.2, 0) is 0 Å². The van der Waals surface area contributed by atoms with E-state index in [-0.39, 0.29) is 0 Å². The molecule has 0 atom stereocenters. The van der Waals surface area contributed by atoms with E-state index in [0.29, 0.717) is 0 Å². The van der Waals surface area contributed by atoms with Gasteiger partial charge < -0.3 is 0 Å². The van der Waals surface area contributed by atoms with Gasteiger partial charge in [-0.3, -0.25) is 0 Å². The molecule has 0 amide bonds. The van der Waals surface area contributed by atoms with E-state index < -0.39 is 8.07 Å². The molecule has 0 aliphatic carbocycles. The minimum atomic E-state index is -0.974. The van der Waals surface area contributed by atoms with E-state index in [9.17, 15) is 0 Å². The summed E-state index contributed by atoms with van der Waals surface area (Å²) in [5.41, 5.74) is 1.05. The number of nitrogens with zero attached hydrogens (tertiary/aromatic N) is 2. The summed E-state index contributed by atoms with van der Waals surface area (Å²) in [6.45, 7) is 9.07. The molecule has 13 heavy (non-hydrogen) atoms. The standard InChI is InChI=1S/C9H16N2SSi/c1-8-5-6-10-9(11-8)12-7-13(2,3)4/h5-6H,7H2,1-4H3. The van der Waals surface area contributed by atoms with Crippen LogP contribution in [0.5, 0.6) is 0 Å². The van der Waals surface area contributed by atoms with E-state index in [4.69, 9.17) is 0 Å². The first-order chi connectivity index (χ1) is 5.97. The predicted octanol–water partition coefficient (Wildman–Crippen LogP) is 2.75. The van der Waals surface area contributed by atoms with Crippen LogP contribution in [-0.4, -0.2) is 23.4 Å². The van der Waals surface area contributed by atoms with Crippen molar-refractivity contribution in [2.24, 2.45) is 0 Å². The Hall–Kier alpha value is -0.353. The molecule has 0 fully saturated rings. The van der Waals surface area contributed by atoms with Crippen molar-refractivity contribution in [2.45, 2.75) is 31.7 Å². The zero-order valence-electron chi connectivity index (χ0n) is 8.66. The molecule has 1 aromatic rings. The molecule has 0 aliphatic rings. The first-order valence-electron chi connectivity index (χ1n) is 4.40. The van der Waals surface area contributed by atoms with Gasteiger partial charge in [-0.15, -0.1) is 0 Å². The molecule has 0 radical (unpaired) electrons. The average molecular weight is 212 g/mol. The first-order valence-corrected chi connectivity index (χ1v) is 9.09. The highest BCUT2D eigenvalue weighted by atomic mass is 32.2. The van der Waals surface area contributed by atoms with Gasteiger partial charge in [0, 0.05) is 11.9 Å². The Bertz CT molecular complexity index is 283. The summed E-state index contributed by atoms with van der Waals surface area (Å²) in [7, 11) is -0.974. The van der Waals surface area contributed by atoms with Crippen LogP contribution in [0.4, 0.5) is 0 Å². The molecule has 1 aromatic heterocycles. The molecule has 0 saturated heterocycles. The quantitative estimate of drug-likeness (QED) is 0.438. The summed E-state index contributed by atoms with van der Waals surface area (Å²) in [5, 5.41) is 2.11. The zero-order valence-corrected chi connectivity index (χ0v) is 10.5. The topological polar surface area (TPSA) is 25.8 Å². The second-order valence-corrected chi connectivity index (χ2v) is 11.3. The summed E-state index contributed by atoms with van der Waals surface area (Å²) in [6, 6.07) is 1.93. The third-order valence-corrected chi connectivity index (χ3v) is 5.90. The molecule has 72 valence electrons. The Morgan fingerprint density at radius 3 is 2.62 bits per heavy atom. The highest BCUT2D eigenvalue weighted by molar-refractivity contribution is 8.00. The number of aryl methyl sites for hydroxylation is 1. The van der Waals surface area contributed by atoms with Gasteiger partial charge in [0.15, 0.2) is 5.16 Å². The van der Waals surface area contributed by atoms with E-state index >= 15 is 0 Å². The maximum Gasteiger partial charge on any atom is 0.187 e. The van der Waals surface area contributed by atoms with Crippen LogP contribution in [0.15, 0.2) is 17.4 Å². The third-order valence-electron chi connectivity index (χ3n) is 1.41. The van der Waals surface area contributed by atoms with Crippen LogP contribution in [0.1, 0.15) is 5.69 Å². The molecule has 0 aliphatic heterocycles. The third kappa shape index (κ3) is 4.43. The fraction of sp³-hybridized carbons (Fsp3) is 0.556. The molecule has 2 nitrogen and oxygen atoms in total. The van der Waals surface area contributed by atoms with Crippen LogP contribution in [0.3, 0.4) is 0 Å². The van der Waals surface area contributed by atoms with Crippen LogP contribution in [0.25, 0.3) is 0 Å². The van der Waals surface area contributed by atoms with Gasteiger partial charge in [0.05, 0.1) is 8.07 Å². The Labute approximate surface area is 85.2 Å². The lowest BCUT2D eigenvalue weighted by atomic mass is 10.5. The van der Waals surface area contributed by atoms with Gasteiger partial charge in [-0.2, -0.15) is 0 Å². The summed E-state index contributed by atoms with van der Waals surface area (Å²) in [5.74, 6) is 0. The molecule has 4 heteroatoms. The van der Waals surface area contributed by atoms with Gasteiger partial charge in [-0.1, -0.05) is 31.4 Å². The smallest absolute Gasteiger partial charge is 0.187 e. The Morgan fingerprint density at radius 2 is 2.08 bits per heavy atom. The summed E-state index contributed by atoms with van der Waals surface area (Å²) in [4.78, 5) is 8.57. The Balaban J connectivity index is 2.55. The van der Waals surface area contributed by atoms with Crippen molar-refractivity contribution in [1.82, 2.24) is 9.97 Å². The van der Waals surface area contributed by atoms with Crippen LogP contribution >= 0.6 is 11.8 Å². The maximum atomic E-state index is 4.35. The number of rotatable bonds is 3. The molecule has 0 unspecified atom stereocenters. The maximum absolute atomic E-state index is 4.35. The van der Waals surface area contributed by atoms with Crippen molar-refractivity contribution in [3.8, 4) is 0 Å². The number of hydrogen-bond acceptors (Lipinski definition) is 3. The lowest BCUT2D eigenvalue weighted by molar-refractivity contribution is 0.934. The molecule has 0 bridgehead atoms. The minimum Gasteiger partial charge on any atom is -0.231 e. The molecule has 1 heterocycles. The Kier molecular flexibility index (Phi) is 3.50. The Morgan fingerprint density at radius 1 is 1.38 bits per heavy atom. The van der Waals surface area contributed by atoms with Crippen molar-refractivity contribution in [2.75, 3.05) is 5.38 Å². The number of hydrogen-bond donors (Lipinski definition) is 0. The molecule has 0 N–H and O–H groups in total. The van der Waals surface area contributed by atoms with Crippen molar-refractivity contribution < 1.29 is 0 Å².